The lowest BCUT2D eigenvalue weighted by Crippen LogP contribution is -2.04. The molecule has 0 radical (unpaired) electrons. The first kappa shape index (κ1) is 18.5. The second-order valence-corrected chi connectivity index (χ2v) is 6.77. The van der Waals surface area contributed by atoms with Crippen LogP contribution in [0.15, 0.2) is 54.7 Å². The molecule has 2 heterocycles. The first-order valence-electron chi connectivity index (χ1n) is 9.07. The van der Waals surface area contributed by atoms with Crippen LogP contribution in [0, 0.1) is 13.8 Å². The van der Waals surface area contributed by atoms with Gasteiger partial charge in [-0.25, -0.2) is 9.31 Å². The Kier molecular flexibility index (Phi) is 4.64. The summed E-state index contributed by atoms with van der Waals surface area (Å²) in [6, 6.07) is 15.3. The lowest BCUT2D eigenvalue weighted by Gasteiger charge is -2.09. The molecule has 7 nitrogen and oxygen atoms in total. The molecule has 0 bridgehead atoms. The van der Waals surface area contributed by atoms with Gasteiger partial charge in [-0.15, -0.1) is 5.10 Å². The topological polar surface area (TPSA) is 88.8 Å². The second kappa shape index (κ2) is 7.27. The molecule has 0 unspecified atom stereocenters. The van der Waals surface area contributed by atoms with Crippen LogP contribution in [0.1, 0.15) is 21.5 Å². The minimum Gasteiger partial charge on any atom is -0.497 e. The third kappa shape index (κ3) is 3.50. The fourth-order valence-corrected chi connectivity index (χ4v) is 3.46. The molecule has 2 aromatic heterocycles. The van der Waals surface area contributed by atoms with Crippen molar-refractivity contribution < 1.29 is 14.6 Å². The summed E-state index contributed by atoms with van der Waals surface area (Å²) in [5, 5.41) is 17.0. The van der Waals surface area contributed by atoms with Crippen molar-refractivity contribution >= 4 is 23.3 Å². The maximum Gasteiger partial charge on any atom is 0.336 e. The standard InChI is InChI=1S/C22H20N4O3/c1-13-11-16(12-14(2)19(13)21(27)28)23-22-24-20-18(5-4-10-26(20)25-22)15-6-8-17(29-3)9-7-15/h4-12H,1-3H3,(H,23,25)(H,27,28). The van der Waals surface area contributed by atoms with Crippen LogP contribution in [0.25, 0.3) is 16.8 Å². The second-order valence-electron chi connectivity index (χ2n) is 6.77. The fraction of sp³-hybridized carbons (Fsp3) is 0.136. The zero-order valence-electron chi connectivity index (χ0n) is 16.3. The predicted molar refractivity (Wildman–Crippen MR) is 111 cm³/mol. The number of rotatable bonds is 5. The molecule has 0 saturated heterocycles. The molecule has 0 aliphatic heterocycles. The molecule has 2 aromatic carbocycles. The summed E-state index contributed by atoms with van der Waals surface area (Å²) < 4.78 is 6.94. The third-order valence-corrected chi connectivity index (χ3v) is 4.77. The molecular formula is C22H20N4O3. The van der Waals surface area contributed by atoms with Gasteiger partial charge in [0.15, 0.2) is 5.65 Å². The lowest BCUT2D eigenvalue weighted by molar-refractivity contribution is 0.0695. The van der Waals surface area contributed by atoms with E-state index < -0.39 is 5.97 Å². The number of ether oxygens (including phenoxy) is 1. The Bertz CT molecular complexity index is 1190. The van der Waals surface area contributed by atoms with Crippen molar-refractivity contribution in [1.29, 1.82) is 0 Å². The van der Waals surface area contributed by atoms with Gasteiger partial charge in [-0.05, 0) is 66.9 Å². The maximum atomic E-state index is 11.4. The molecule has 0 saturated carbocycles. The Balaban J connectivity index is 1.70. The summed E-state index contributed by atoms with van der Waals surface area (Å²) in [5.74, 6) is 0.300. The van der Waals surface area contributed by atoms with Gasteiger partial charge in [0, 0.05) is 17.4 Å². The zero-order chi connectivity index (χ0) is 20.5. The van der Waals surface area contributed by atoms with Crippen LogP contribution >= 0.6 is 0 Å². The summed E-state index contributed by atoms with van der Waals surface area (Å²) in [5.41, 5.74) is 5.10. The van der Waals surface area contributed by atoms with Gasteiger partial charge in [-0.2, -0.15) is 4.98 Å². The highest BCUT2D eigenvalue weighted by Gasteiger charge is 2.14. The van der Waals surface area contributed by atoms with Crippen LogP contribution in [0.3, 0.4) is 0 Å². The van der Waals surface area contributed by atoms with Crippen molar-refractivity contribution in [2.45, 2.75) is 13.8 Å². The average Bonchev–Trinajstić information content (AvgIpc) is 3.09. The fourth-order valence-electron chi connectivity index (χ4n) is 3.46. The largest absolute Gasteiger partial charge is 0.497 e. The number of carboxylic acid groups (broad SMARTS) is 1. The zero-order valence-corrected chi connectivity index (χ0v) is 16.3. The van der Waals surface area contributed by atoms with E-state index in [-0.39, 0.29) is 0 Å². The van der Waals surface area contributed by atoms with E-state index in [1.807, 2.05) is 42.6 Å². The van der Waals surface area contributed by atoms with E-state index in [9.17, 15) is 9.90 Å². The number of aromatic nitrogens is 3. The summed E-state index contributed by atoms with van der Waals surface area (Å²) in [6.07, 6.45) is 1.84. The number of anilines is 2. The molecule has 29 heavy (non-hydrogen) atoms. The number of aryl methyl sites for hydroxylation is 2. The molecule has 2 N–H and O–H groups in total. The number of methoxy groups -OCH3 is 1. The molecule has 4 aromatic rings. The summed E-state index contributed by atoms with van der Waals surface area (Å²) in [4.78, 5) is 16.0. The maximum absolute atomic E-state index is 11.4. The molecule has 7 heteroatoms. The smallest absolute Gasteiger partial charge is 0.336 e. The van der Waals surface area contributed by atoms with Crippen molar-refractivity contribution in [3.8, 4) is 16.9 Å². The van der Waals surface area contributed by atoms with Crippen molar-refractivity contribution in [3.63, 3.8) is 0 Å². The van der Waals surface area contributed by atoms with Gasteiger partial charge in [-0.3, -0.25) is 0 Å². The van der Waals surface area contributed by atoms with Gasteiger partial charge >= 0.3 is 5.97 Å². The summed E-state index contributed by atoms with van der Waals surface area (Å²) in [7, 11) is 1.64. The molecule has 0 fully saturated rings. The number of nitrogens with zero attached hydrogens (tertiary/aromatic N) is 3. The molecule has 146 valence electrons. The molecule has 0 atom stereocenters. The van der Waals surface area contributed by atoms with E-state index in [4.69, 9.17) is 4.74 Å². The lowest BCUT2D eigenvalue weighted by atomic mass is 10.0. The first-order chi connectivity index (χ1) is 14.0. The first-order valence-corrected chi connectivity index (χ1v) is 9.07. The third-order valence-electron chi connectivity index (χ3n) is 4.77. The van der Waals surface area contributed by atoms with E-state index in [1.54, 1.807) is 37.6 Å². The summed E-state index contributed by atoms with van der Waals surface area (Å²) >= 11 is 0. The van der Waals surface area contributed by atoms with E-state index in [0.717, 1.165) is 28.2 Å². The Labute approximate surface area is 167 Å². The van der Waals surface area contributed by atoms with Crippen molar-refractivity contribution in [3.05, 3.63) is 71.4 Å². The van der Waals surface area contributed by atoms with Crippen LogP contribution in [0.2, 0.25) is 0 Å². The van der Waals surface area contributed by atoms with E-state index in [1.165, 1.54) is 0 Å². The monoisotopic (exact) mass is 388 g/mol. The molecule has 0 amide bonds. The highest BCUT2D eigenvalue weighted by Crippen LogP contribution is 2.27. The number of carbonyl (C=O) groups is 1. The van der Waals surface area contributed by atoms with E-state index in [2.05, 4.69) is 15.4 Å². The van der Waals surface area contributed by atoms with Gasteiger partial charge in [0.1, 0.15) is 5.75 Å². The molecule has 0 spiro atoms. The highest BCUT2D eigenvalue weighted by molar-refractivity contribution is 5.92. The number of pyridine rings is 1. The molecule has 0 aliphatic carbocycles. The SMILES string of the molecule is COc1ccc(-c2cccn3nc(Nc4cc(C)c(C(=O)O)c(C)c4)nc23)cc1. The Hall–Kier alpha value is -3.87. The van der Waals surface area contributed by atoms with Crippen molar-refractivity contribution in [2.75, 3.05) is 12.4 Å². The van der Waals surface area contributed by atoms with E-state index in [0.29, 0.717) is 22.6 Å². The van der Waals surface area contributed by atoms with Crippen LogP contribution in [0.4, 0.5) is 11.6 Å². The number of hydrogen-bond acceptors (Lipinski definition) is 5. The Morgan fingerprint density at radius 3 is 2.41 bits per heavy atom. The van der Waals surface area contributed by atoms with Crippen LogP contribution in [-0.4, -0.2) is 32.8 Å². The van der Waals surface area contributed by atoms with Crippen LogP contribution < -0.4 is 10.1 Å². The molecule has 0 aliphatic rings. The van der Waals surface area contributed by atoms with Gasteiger partial charge in [0.05, 0.1) is 12.7 Å². The number of nitrogens with one attached hydrogen (secondary N) is 1. The van der Waals surface area contributed by atoms with Gasteiger partial charge in [0.25, 0.3) is 0 Å². The number of fused-ring (bicyclic) bond motifs is 1. The molecule has 4 rings (SSSR count). The van der Waals surface area contributed by atoms with Gasteiger partial charge in [0.2, 0.25) is 5.95 Å². The van der Waals surface area contributed by atoms with Crippen molar-refractivity contribution in [2.24, 2.45) is 0 Å². The minimum absolute atomic E-state index is 0.320. The number of hydrogen-bond donors (Lipinski definition) is 2. The normalized spacial score (nSPS) is 10.9. The Morgan fingerprint density at radius 2 is 1.79 bits per heavy atom. The number of carboxylic acids is 1. The average molecular weight is 388 g/mol. The van der Waals surface area contributed by atoms with Crippen LogP contribution in [-0.2, 0) is 0 Å². The Morgan fingerprint density at radius 1 is 1.10 bits per heavy atom. The number of aromatic carboxylic acids is 1. The van der Waals surface area contributed by atoms with E-state index >= 15 is 0 Å². The number of benzene rings is 2. The van der Waals surface area contributed by atoms with Crippen LogP contribution in [0.5, 0.6) is 5.75 Å². The predicted octanol–water partition coefficient (Wildman–Crippen LogP) is 4.46. The highest BCUT2D eigenvalue weighted by atomic mass is 16.5. The molecular weight excluding hydrogens is 368 g/mol. The van der Waals surface area contributed by atoms with Gasteiger partial charge < -0.3 is 15.2 Å². The minimum atomic E-state index is -0.929. The van der Waals surface area contributed by atoms with Crippen molar-refractivity contribution in [1.82, 2.24) is 14.6 Å². The quantitative estimate of drug-likeness (QED) is 0.525. The summed E-state index contributed by atoms with van der Waals surface area (Å²) in [6.45, 7) is 3.56. The van der Waals surface area contributed by atoms with Gasteiger partial charge in [-0.1, -0.05) is 12.1 Å².